The zero-order valence-electron chi connectivity index (χ0n) is 32.4. The Bertz CT molecular complexity index is 3230. The first-order valence-corrected chi connectivity index (χ1v) is 20.0. The molecular formula is C55H39N3. The van der Waals surface area contributed by atoms with Crippen molar-refractivity contribution in [2.45, 2.75) is 13.8 Å². The third-order valence-electron chi connectivity index (χ3n) is 11.8. The molecule has 0 bridgehead atoms. The average Bonchev–Trinajstić information content (AvgIpc) is 3.68. The summed E-state index contributed by atoms with van der Waals surface area (Å²) in [5.41, 5.74) is 15.1. The number of nitrogens with zero attached hydrogens (tertiary/aromatic N) is 3. The van der Waals surface area contributed by atoms with Gasteiger partial charge < -0.3 is 4.90 Å². The van der Waals surface area contributed by atoms with Crippen LogP contribution in [0.2, 0.25) is 0 Å². The predicted octanol–water partition coefficient (Wildman–Crippen LogP) is 15.0. The molecule has 1 heterocycles. The van der Waals surface area contributed by atoms with Crippen LogP contribution in [0, 0.1) is 13.8 Å². The molecule has 10 aromatic carbocycles. The summed E-state index contributed by atoms with van der Waals surface area (Å²) < 4.78 is 2.26. The SMILES string of the molecule is Cc1cc(N(c2ccccc2)c2ccccc2)c(C)cc1-c1ccc2ccc3c(-c4ccc(-c5nc6ccccc6n5-c5ccccc5)cc4)ccc4ccc1c2c43. The summed E-state index contributed by atoms with van der Waals surface area (Å²) in [6.45, 7) is 4.49. The van der Waals surface area contributed by atoms with Crippen LogP contribution in [-0.4, -0.2) is 9.55 Å². The van der Waals surface area contributed by atoms with Gasteiger partial charge in [0.1, 0.15) is 5.82 Å². The molecule has 0 unspecified atom stereocenters. The zero-order chi connectivity index (χ0) is 38.7. The molecule has 1 aromatic heterocycles. The van der Waals surface area contributed by atoms with E-state index in [4.69, 9.17) is 4.98 Å². The second kappa shape index (κ2) is 13.6. The fourth-order valence-electron chi connectivity index (χ4n) is 9.06. The molecule has 0 aliphatic carbocycles. The highest BCUT2D eigenvalue weighted by atomic mass is 15.1. The molecule has 0 fully saturated rings. The molecule has 11 rings (SSSR count). The molecular weight excluding hydrogens is 703 g/mol. The molecule has 0 aliphatic rings. The smallest absolute Gasteiger partial charge is 0.145 e. The molecule has 11 aromatic rings. The summed E-state index contributed by atoms with van der Waals surface area (Å²) in [5, 5.41) is 7.69. The van der Waals surface area contributed by atoms with Crippen molar-refractivity contribution in [3.8, 4) is 39.3 Å². The normalized spacial score (nSPS) is 11.6. The van der Waals surface area contributed by atoms with E-state index in [0.29, 0.717) is 0 Å². The minimum absolute atomic E-state index is 0.938. The van der Waals surface area contributed by atoms with E-state index in [1.165, 1.54) is 71.4 Å². The third kappa shape index (κ3) is 5.47. The predicted molar refractivity (Wildman–Crippen MR) is 245 cm³/mol. The van der Waals surface area contributed by atoms with Gasteiger partial charge in [0.2, 0.25) is 0 Å². The number of imidazole rings is 1. The topological polar surface area (TPSA) is 21.1 Å². The van der Waals surface area contributed by atoms with E-state index in [9.17, 15) is 0 Å². The average molecular weight is 742 g/mol. The molecule has 3 heteroatoms. The Hall–Kier alpha value is -7.49. The van der Waals surface area contributed by atoms with Gasteiger partial charge in [0.05, 0.1) is 11.0 Å². The highest BCUT2D eigenvalue weighted by Crippen LogP contribution is 2.45. The molecule has 0 amide bonds. The van der Waals surface area contributed by atoms with Gasteiger partial charge in [-0.05, 0) is 140 Å². The van der Waals surface area contributed by atoms with Crippen molar-refractivity contribution >= 4 is 60.4 Å². The van der Waals surface area contributed by atoms with Gasteiger partial charge in [-0.2, -0.15) is 0 Å². The first-order chi connectivity index (χ1) is 28.6. The number of aromatic nitrogens is 2. The van der Waals surface area contributed by atoms with Gasteiger partial charge >= 0.3 is 0 Å². The van der Waals surface area contributed by atoms with Crippen molar-refractivity contribution in [2.75, 3.05) is 4.90 Å². The third-order valence-corrected chi connectivity index (χ3v) is 11.8. The summed E-state index contributed by atoms with van der Waals surface area (Å²) in [6, 6.07) is 72.3. The number of anilines is 3. The molecule has 3 nitrogen and oxygen atoms in total. The maximum absolute atomic E-state index is 5.11. The fourth-order valence-corrected chi connectivity index (χ4v) is 9.06. The van der Waals surface area contributed by atoms with E-state index in [-0.39, 0.29) is 0 Å². The second-order valence-corrected chi connectivity index (χ2v) is 15.3. The second-order valence-electron chi connectivity index (χ2n) is 15.3. The van der Waals surface area contributed by atoms with Crippen LogP contribution in [0.25, 0.3) is 82.7 Å². The Kier molecular flexibility index (Phi) is 7.94. The zero-order valence-corrected chi connectivity index (χ0v) is 32.4. The van der Waals surface area contributed by atoms with Gasteiger partial charge in [-0.1, -0.05) is 140 Å². The van der Waals surface area contributed by atoms with E-state index in [2.05, 4.69) is 224 Å². The van der Waals surface area contributed by atoms with Crippen LogP contribution in [0.4, 0.5) is 17.1 Å². The number of rotatable bonds is 7. The van der Waals surface area contributed by atoms with Gasteiger partial charge in [0.15, 0.2) is 0 Å². The van der Waals surface area contributed by atoms with Crippen molar-refractivity contribution in [2.24, 2.45) is 0 Å². The number of fused-ring (bicyclic) bond motifs is 1. The van der Waals surface area contributed by atoms with E-state index < -0.39 is 0 Å². The summed E-state index contributed by atoms with van der Waals surface area (Å²) in [5.74, 6) is 0.938. The lowest BCUT2D eigenvalue weighted by Gasteiger charge is -2.28. The number of hydrogen-bond donors (Lipinski definition) is 0. The van der Waals surface area contributed by atoms with E-state index >= 15 is 0 Å². The molecule has 0 saturated carbocycles. The highest BCUT2D eigenvalue weighted by Gasteiger charge is 2.20. The van der Waals surface area contributed by atoms with Crippen LogP contribution in [0.15, 0.2) is 200 Å². The van der Waals surface area contributed by atoms with Gasteiger partial charge in [0.25, 0.3) is 0 Å². The Morgan fingerprint density at radius 1 is 0.431 bits per heavy atom. The van der Waals surface area contributed by atoms with Gasteiger partial charge in [0, 0.05) is 28.3 Å². The Morgan fingerprint density at radius 2 is 0.966 bits per heavy atom. The lowest BCUT2D eigenvalue weighted by molar-refractivity contribution is 1.10. The highest BCUT2D eigenvalue weighted by molar-refractivity contribution is 6.27. The van der Waals surface area contributed by atoms with Crippen LogP contribution in [0.3, 0.4) is 0 Å². The van der Waals surface area contributed by atoms with Gasteiger partial charge in [-0.3, -0.25) is 4.57 Å². The van der Waals surface area contributed by atoms with Crippen LogP contribution >= 0.6 is 0 Å². The Morgan fingerprint density at radius 3 is 1.62 bits per heavy atom. The summed E-state index contributed by atoms with van der Waals surface area (Å²) in [6.07, 6.45) is 0. The van der Waals surface area contributed by atoms with E-state index in [0.717, 1.165) is 39.5 Å². The minimum atomic E-state index is 0.938. The summed E-state index contributed by atoms with van der Waals surface area (Å²) in [7, 11) is 0. The molecule has 0 saturated heterocycles. The fraction of sp³-hybridized carbons (Fsp3) is 0.0364. The lowest BCUT2D eigenvalue weighted by atomic mass is 9.86. The first-order valence-electron chi connectivity index (χ1n) is 20.0. The van der Waals surface area contributed by atoms with Crippen LogP contribution < -0.4 is 4.90 Å². The number of benzene rings is 10. The maximum Gasteiger partial charge on any atom is 0.145 e. The van der Waals surface area contributed by atoms with Gasteiger partial charge in [-0.15, -0.1) is 0 Å². The minimum Gasteiger partial charge on any atom is -0.310 e. The van der Waals surface area contributed by atoms with E-state index in [1.807, 2.05) is 0 Å². The van der Waals surface area contributed by atoms with Crippen LogP contribution in [0.1, 0.15) is 11.1 Å². The van der Waals surface area contributed by atoms with Crippen molar-refractivity contribution in [1.82, 2.24) is 9.55 Å². The lowest BCUT2D eigenvalue weighted by Crippen LogP contribution is -2.11. The van der Waals surface area contributed by atoms with Crippen molar-refractivity contribution in [3.05, 3.63) is 211 Å². The number of aryl methyl sites for hydroxylation is 2. The van der Waals surface area contributed by atoms with Gasteiger partial charge in [-0.25, -0.2) is 4.98 Å². The molecule has 0 radical (unpaired) electrons. The maximum atomic E-state index is 5.11. The summed E-state index contributed by atoms with van der Waals surface area (Å²) in [4.78, 5) is 7.48. The Labute approximate surface area is 338 Å². The van der Waals surface area contributed by atoms with Crippen LogP contribution in [0.5, 0.6) is 0 Å². The standard InChI is InChI=1S/C55H39N3/c1-36-35-52(57(42-14-6-3-7-15-42)43-16-8-4-9-17-43)37(2)34-49(36)46-31-27-40-28-32-47-45(30-26-39-29-33-48(46)54(40)53(39)47)38-22-24-41(25-23-38)55-56-50-20-12-13-21-51(50)58(55)44-18-10-5-11-19-44/h3-35H,1-2H3. The van der Waals surface area contributed by atoms with E-state index in [1.54, 1.807) is 0 Å². The first kappa shape index (κ1) is 33.8. The molecule has 58 heavy (non-hydrogen) atoms. The monoisotopic (exact) mass is 741 g/mol. The Balaban J connectivity index is 1.02. The van der Waals surface area contributed by atoms with Crippen molar-refractivity contribution in [3.63, 3.8) is 0 Å². The quantitative estimate of drug-likeness (QED) is 0.152. The van der Waals surface area contributed by atoms with Crippen LogP contribution in [-0.2, 0) is 0 Å². The summed E-state index contributed by atoms with van der Waals surface area (Å²) >= 11 is 0. The van der Waals surface area contributed by atoms with Crippen molar-refractivity contribution < 1.29 is 0 Å². The largest absolute Gasteiger partial charge is 0.310 e. The number of hydrogen-bond acceptors (Lipinski definition) is 2. The molecule has 0 atom stereocenters. The molecule has 0 aliphatic heterocycles. The molecule has 274 valence electrons. The number of para-hydroxylation sites is 5. The molecule has 0 N–H and O–H groups in total. The molecule has 0 spiro atoms. The van der Waals surface area contributed by atoms with Crippen molar-refractivity contribution in [1.29, 1.82) is 0 Å².